The van der Waals surface area contributed by atoms with Gasteiger partial charge in [-0.2, -0.15) is 5.10 Å². The zero-order valence-electron chi connectivity index (χ0n) is 12.4. The van der Waals surface area contributed by atoms with E-state index in [-0.39, 0.29) is 11.7 Å². The van der Waals surface area contributed by atoms with Crippen LogP contribution >= 0.6 is 0 Å². The van der Waals surface area contributed by atoms with E-state index >= 15 is 0 Å². The number of nitrogens with zero attached hydrogens (tertiary/aromatic N) is 2. The predicted molar refractivity (Wildman–Crippen MR) is 85.0 cm³/mol. The van der Waals surface area contributed by atoms with Gasteiger partial charge in [-0.05, 0) is 35.7 Å². The molecule has 1 heterocycles. The molecule has 0 aromatic heterocycles. The van der Waals surface area contributed by atoms with Gasteiger partial charge in [-0.3, -0.25) is 4.79 Å². The minimum absolute atomic E-state index is 0.0779. The molecule has 0 bridgehead atoms. The Bertz CT molecular complexity index is 705. The van der Waals surface area contributed by atoms with Crippen molar-refractivity contribution in [2.45, 2.75) is 19.8 Å². The minimum atomic E-state index is -0.235. The van der Waals surface area contributed by atoms with Crippen molar-refractivity contribution in [3.05, 3.63) is 59.9 Å². The lowest BCUT2D eigenvalue weighted by atomic mass is 9.99. The highest BCUT2D eigenvalue weighted by Crippen LogP contribution is 2.22. The lowest BCUT2D eigenvalue weighted by molar-refractivity contribution is -0.131. The molecule has 0 saturated heterocycles. The maximum absolute atomic E-state index is 13.0. The summed E-state index contributed by atoms with van der Waals surface area (Å²) in [4.78, 5) is 11.7. The second-order valence-electron chi connectivity index (χ2n) is 5.24. The van der Waals surface area contributed by atoms with Crippen LogP contribution in [-0.4, -0.2) is 23.2 Å². The number of hydrogen-bond donors (Lipinski definition) is 0. The molecule has 1 aliphatic heterocycles. The Morgan fingerprint density at radius 3 is 2.09 bits per heavy atom. The first-order valence-electron chi connectivity index (χ1n) is 7.41. The van der Waals surface area contributed by atoms with Gasteiger partial charge in [0, 0.05) is 19.4 Å². The lowest BCUT2D eigenvalue weighted by Gasteiger charge is -2.22. The van der Waals surface area contributed by atoms with Gasteiger partial charge in [-0.15, -0.1) is 0 Å². The van der Waals surface area contributed by atoms with Crippen molar-refractivity contribution in [3.8, 4) is 11.1 Å². The van der Waals surface area contributed by atoms with Crippen LogP contribution in [0.3, 0.4) is 0 Å². The summed E-state index contributed by atoms with van der Waals surface area (Å²) in [5.74, 6) is -0.157. The van der Waals surface area contributed by atoms with Crippen LogP contribution in [0, 0.1) is 5.82 Å². The van der Waals surface area contributed by atoms with E-state index in [2.05, 4.69) is 5.10 Å². The van der Waals surface area contributed by atoms with Gasteiger partial charge in [0.05, 0.1) is 5.71 Å². The number of halogens is 1. The number of benzene rings is 2. The van der Waals surface area contributed by atoms with Crippen LogP contribution in [0.15, 0.2) is 53.6 Å². The van der Waals surface area contributed by atoms with Crippen molar-refractivity contribution >= 4 is 11.6 Å². The van der Waals surface area contributed by atoms with Gasteiger partial charge in [0.2, 0.25) is 5.91 Å². The maximum atomic E-state index is 13.0. The SMILES string of the molecule is CCN1N=C(c2ccc(-c3ccc(F)cc3)cc2)CCC1=O. The molecule has 0 fully saturated rings. The van der Waals surface area contributed by atoms with Crippen molar-refractivity contribution < 1.29 is 9.18 Å². The van der Waals surface area contributed by atoms with Crippen molar-refractivity contribution in [2.75, 3.05) is 6.54 Å². The van der Waals surface area contributed by atoms with Gasteiger partial charge in [0.1, 0.15) is 5.82 Å². The molecule has 3 nitrogen and oxygen atoms in total. The number of carbonyl (C=O) groups is 1. The number of hydrazone groups is 1. The Morgan fingerprint density at radius 1 is 0.955 bits per heavy atom. The second kappa shape index (κ2) is 6.10. The number of hydrogen-bond acceptors (Lipinski definition) is 2. The molecule has 1 aliphatic rings. The van der Waals surface area contributed by atoms with E-state index in [9.17, 15) is 9.18 Å². The van der Waals surface area contributed by atoms with Crippen LogP contribution in [-0.2, 0) is 4.79 Å². The van der Waals surface area contributed by atoms with Crippen LogP contribution in [0.1, 0.15) is 25.3 Å². The predicted octanol–water partition coefficient (Wildman–Crippen LogP) is 3.84. The fraction of sp³-hybridized carbons (Fsp3) is 0.222. The van der Waals surface area contributed by atoms with Crippen LogP contribution in [0.2, 0.25) is 0 Å². The molecule has 4 heteroatoms. The molecule has 0 saturated carbocycles. The van der Waals surface area contributed by atoms with E-state index in [1.807, 2.05) is 31.2 Å². The first-order chi connectivity index (χ1) is 10.7. The van der Waals surface area contributed by atoms with Crippen LogP contribution in [0.25, 0.3) is 11.1 Å². The van der Waals surface area contributed by atoms with E-state index in [1.54, 1.807) is 12.1 Å². The van der Waals surface area contributed by atoms with E-state index in [0.717, 1.165) is 22.4 Å². The number of rotatable bonds is 3. The molecule has 0 unspecified atom stereocenters. The Hall–Kier alpha value is -2.49. The fourth-order valence-electron chi connectivity index (χ4n) is 2.55. The average molecular weight is 296 g/mol. The Labute approximate surface area is 129 Å². The molecule has 0 N–H and O–H groups in total. The topological polar surface area (TPSA) is 32.7 Å². The molecule has 3 rings (SSSR count). The van der Waals surface area contributed by atoms with Gasteiger partial charge in [-0.1, -0.05) is 36.4 Å². The highest BCUT2D eigenvalue weighted by atomic mass is 19.1. The quantitative estimate of drug-likeness (QED) is 0.847. The Kier molecular flexibility index (Phi) is 4.00. The fourth-order valence-corrected chi connectivity index (χ4v) is 2.55. The largest absolute Gasteiger partial charge is 0.273 e. The number of amides is 1. The lowest BCUT2D eigenvalue weighted by Crippen LogP contribution is -2.31. The molecule has 112 valence electrons. The Morgan fingerprint density at radius 2 is 1.50 bits per heavy atom. The molecule has 0 atom stereocenters. The molecule has 0 radical (unpaired) electrons. The van der Waals surface area contributed by atoms with Gasteiger partial charge in [0.25, 0.3) is 0 Å². The van der Waals surface area contributed by atoms with Crippen LogP contribution < -0.4 is 0 Å². The summed E-state index contributed by atoms with van der Waals surface area (Å²) in [7, 11) is 0. The van der Waals surface area contributed by atoms with Crippen molar-refractivity contribution in [2.24, 2.45) is 5.10 Å². The van der Waals surface area contributed by atoms with Gasteiger partial charge < -0.3 is 0 Å². The smallest absolute Gasteiger partial charge is 0.243 e. The zero-order valence-corrected chi connectivity index (χ0v) is 12.4. The molecule has 0 spiro atoms. The summed E-state index contributed by atoms with van der Waals surface area (Å²) < 4.78 is 13.0. The van der Waals surface area contributed by atoms with Crippen LogP contribution in [0.5, 0.6) is 0 Å². The summed E-state index contributed by atoms with van der Waals surface area (Å²) in [6.07, 6.45) is 1.18. The third-order valence-electron chi connectivity index (χ3n) is 3.80. The summed E-state index contributed by atoms with van der Waals surface area (Å²) in [6, 6.07) is 14.4. The molecule has 0 aliphatic carbocycles. The standard InChI is InChI=1S/C18H17FN2O/c1-2-21-18(22)12-11-17(20-21)15-5-3-13(4-6-15)14-7-9-16(19)10-8-14/h3-10H,2,11-12H2,1H3. The van der Waals surface area contributed by atoms with Crippen molar-refractivity contribution in [3.63, 3.8) is 0 Å². The number of carbonyl (C=O) groups excluding carboxylic acids is 1. The monoisotopic (exact) mass is 296 g/mol. The summed E-state index contributed by atoms with van der Waals surface area (Å²) in [6.45, 7) is 2.51. The highest BCUT2D eigenvalue weighted by molar-refractivity contribution is 6.04. The zero-order chi connectivity index (χ0) is 15.5. The molecule has 2 aromatic rings. The maximum Gasteiger partial charge on any atom is 0.243 e. The normalized spacial score (nSPS) is 14.9. The highest BCUT2D eigenvalue weighted by Gasteiger charge is 2.19. The van der Waals surface area contributed by atoms with Gasteiger partial charge in [-0.25, -0.2) is 9.40 Å². The van der Waals surface area contributed by atoms with Gasteiger partial charge >= 0.3 is 0 Å². The third-order valence-corrected chi connectivity index (χ3v) is 3.80. The second-order valence-corrected chi connectivity index (χ2v) is 5.24. The minimum Gasteiger partial charge on any atom is -0.273 e. The first kappa shape index (κ1) is 14.4. The van der Waals surface area contributed by atoms with Crippen molar-refractivity contribution in [1.82, 2.24) is 5.01 Å². The first-order valence-corrected chi connectivity index (χ1v) is 7.41. The summed E-state index contributed by atoms with van der Waals surface area (Å²) in [5, 5.41) is 5.94. The third kappa shape index (κ3) is 2.91. The van der Waals surface area contributed by atoms with Crippen LogP contribution in [0.4, 0.5) is 4.39 Å². The average Bonchev–Trinajstić information content (AvgIpc) is 2.56. The van der Waals surface area contributed by atoms with E-state index in [0.29, 0.717) is 19.4 Å². The molecule has 22 heavy (non-hydrogen) atoms. The summed E-state index contributed by atoms with van der Waals surface area (Å²) in [5.41, 5.74) is 3.97. The van der Waals surface area contributed by atoms with E-state index in [4.69, 9.17) is 0 Å². The van der Waals surface area contributed by atoms with E-state index in [1.165, 1.54) is 17.1 Å². The molecule has 2 aromatic carbocycles. The van der Waals surface area contributed by atoms with Crippen molar-refractivity contribution in [1.29, 1.82) is 0 Å². The molecular weight excluding hydrogens is 279 g/mol. The molecular formula is C18H17FN2O. The molecule has 1 amide bonds. The summed E-state index contributed by atoms with van der Waals surface area (Å²) >= 11 is 0. The van der Waals surface area contributed by atoms with Gasteiger partial charge in [0.15, 0.2) is 0 Å². The Balaban J connectivity index is 1.85. The van der Waals surface area contributed by atoms with E-state index < -0.39 is 0 Å².